The summed E-state index contributed by atoms with van der Waals surface area (Å²) in [4.78, 5) is 6.16. The highest BCUT2D eigenvalue weighted by molar-refractivity contribution is 5.43. The highest BCUT2D eigenvalue weighted by atomic mass is 19.1. The molecule has 1 atom stereocenters. The van der Waals surface area contributed by atoms with Crippen LogP contribution in [0.3, 0.4) is 0 Å². The number of nitrogen functional groups attached to an aromatic ring is 1. The van der Waals surface area contributed by atoms with Gasteiger partial charge in [0.25, 0.3) is 0 Å². The summed E-state index contributed by atoms with van der Waals surface area (Å²) in [5.41, 5.74) is 7.49. The lowest BCUT2D eigenvalue weighted by Gasteiger charge is -2.19. The maximum absolute atomic E-state index is 13.1. The number of hydrogen-bond donors (Lipinski definition) is 2. The van der Waals surface area contributed by atoms with Crippen molar-refractivity contribution in [3.05, 3.63) is 59.7 Å². The van der Waals surface area contributed by atoms with Gasteiger partial charge in [-0.3, -0.25) is 4.98 Å². The molecule has 1 heterocycles. The fraction of sp³-hybridized carbons (Fsp3) is 0.353. The minimum absolute atomic E-state index is 0.0718. The van der Waals surface area contributed by atoms with Crippen LogP contribution in [0.15, 0.2) is 42.7 Å². The summed E-state index contributed by atoms with van der Waals surface area (Å²) in [6.45, 7) is 1.66. The predicted octanol–water partition coefficient (Wildman–Crippen LogP) is 2.40. The minimum Gasteiger partial charge on any atom is -0.396 e. The fourth-order valence-electron chi connectivity index (χ4n) is 2.26. The molecule has 3 N–H and O–H groups in total. The Hall–Kier alpha value is -1.98. The quantitative estimate of drug-likeness (QED) is 0.771. The van der Waals surface area contributed by atoms with Crippen LogP contribution >= 0.6 is 0 Å². The van der Waals surface area contributed by atoms with Gasteiger partial charge in [-0.15, -0.1) is 0 Å². The second-order valence-corrected chi connectivity index (χ2v) is 5.49. The van der Waals surface area contributed by atoms with Crippen LogP contribution in [0.25, 0.3) is 0 Å². The van der Waals surface area contributed by atoms with Crippen LogP contribution in [0.2, 0.25) is 0 Å². The van der Waals surface area contributed by atoms with Crippen LogP contribution in [-0.4, -0.2) is 35.1 Å². The van der Waals surface area contributed by atoms with E-state index in [1.54, 1.807) is 18.5 Å². The first-order valence-electron chi connectivity index (χ1n) is 7.36. The number of pyridine rings is 1. The molecule has 0 amide bonds. The van der Waals surface area contributed by atoms with Crippen LogP contribution < -0.4 is 5.73 Å². The lowest BCUT2D eigenvalue weighted by atomic mass is 10.1. The monoisotopic (exact) mass is 303 g/mol. The second kappa shape index (κ2) is 7.87. The number of anilines is 1. The lowest BCUT2D eigenvalue weighted by Crippen LogP contribution is -2.24. The van der Waals surface area contributed by atoms with Crippen molar-refractivity contribution >= 4 is 5.69 Å². The molecular formula is C17H22FN3O. The molecule has 118 valence electrons. The van der Waals surface area contributed by atoms with Gasteiger partial charge in [0.05, 0.1) is 11.8 Å². The van der Waals surface area contributed by atoms with Gasteiger partial charge >= 0.3 is 0 Å². The van der Waals surface area contributed by atoms with E-state index >= 15 is 0 Å². The van der Waals surface area contributed by atoms with Crippen LogP contribution in [0.4, 0.5) is 10.1 Å². The molecule has 0 aliphatic rings. The van der Waals surface area contributed by atoms with Gasteiger partial charge < -0.3 is 15.7 Å². The molecule has 0 saturated heterocycles. The molecule has 5 heteroatoms. The van der Waals surface area contributed by atoms with Gasteiger partial charge in [0.1, 0.15) is 5.82 Å². The average molecular weight is 303 g/mol. The molecule has 0 radical (unpaired) electrons. The van der Waals surface area contributed by atoms with Crippen molar-refractivity contribution in [2.45, 2.75) is 18.9 Å². The third kappa shape index (κ3) is 4.79. The van der Waals surface area contributed by atoms with Crippen molar-refractivity contribution in [3.63, 3.8) is 0 Å². The molecule has 2 aromatic rings. The van der Waals surface area contributed by atoms with Gasteiger partial charge in [-0.2, -0.15) is 0 Å². The van der Waals surface area contributed by atoms with E-state index in [1.165, 1.54) is 17.7 Å². The summed E-state index contributed by atoms with van der Waals surface area (Å²) in [7, 11) is 2.02. The highest BCUT2D eigenvalue weighted by Gasteiger charge is 2.11. The first-order valence-corrected chi connectivity index (χ1v) is 7.36. The number of rotatable bonds is 7. The molecule has 22 heavy (non-hydrogen) atoms. The summed E-state index contributed by atoms with van der Waals surface area (Å²) < 4.78 is 13.1. The Labute approximate surface area is 130 Å². The summed E-state index contributed by atoms with van der Waals surface area (Å²) in [5.74, 6) is -0.453. The summed E-state index contributed by atoms with van der Waals surface area (Å²) in [6, 6.07) is 8.37. The third-order valence-corrected chi connectivity index (χ3v) is 3.72. The first-order chi connectivity index (χ1) is 10.6. The topological polar surface area (TPSA) is 62.4 Å². The number of aliphatic hydroxyl groups is 1. The molecule has 0 aliphatic carbocycles. The smallest absolute Gasteiger partial charge is 0.146 e. The number of aromatic nitrogens is 1. The molecule has 0 spiro atoms. The summed E-state index contributed by atoms with van der Waals surface area (Å²) in [5, 5.41) is 10.2. The van der Waals surface area contributed by atoms with E-state index in [1.807, 2.05) is 19.2 Å². The zero-order chi connectivity index (χ0) is 15.9. The molecule has 1 unspecified atom stereocenters. The Morgan fingerprint density at radius 2 is 1.95 bits per heavy atom. The molecule has 0 aliphatic heterocycles. The Balaban J connectivity index is 1.77. The van der Waals surface area contributed by atoms with Crippen LogP contribution in [0.5, 0.6) is 0 Å². The maximum atomic E-state index is 13.1. The van der Waals surface area contributed by atoms with Crippen molar-refractivity contribution in [2.75, 3.05) is 25.9 Å². The maximum Gasteiger partial charge on any atom is 0.146 e. The number of nitrogens with two attached hydrogens (primary N) is 1. The van der Waals surface area contributed by atoms with Gasteiger partial charge in [-0.05, 0) is 55.3 Å². The van der Waals surface area contributed by atoms with Crippen molar-refractivity contribution in [3.8, 4) is 0 Å². The Bertz CT molecular complexity index is 592. The molecule has 1 aromatic heterocycles. The average Bonchev–Trinajstić information content (AvgIpc) is 2.54. The van der Waals surface area contributed by atoms with E-state index < -0.39 is 11.9 Å². The molecule has 2 rings (SSSR count). The third-order valence-electron chi connectivity index (χ3n) is 3.72. The number of aliphatic hydroxyl groups excluding tert-OH is 1. The lowest BCUT2D eigenvalue weighted by molar-refractivity contribution is 0.149. The van der Waals surface area contributed by atoms with Crippen LogP contribution in [0, 0.1) is 5.82 Å². The van der Waals surface area contributed by atoms with Gasteiger partial charge in [0, 0.05) is 25.5 Å². The summed E-state index contributed by atoms with van der Waals surface area (Å²) >= 11 is 0. The van der Waals surface area contributed by atoms with E-state index in [0.717, 1.165) is 19.5 Å². The number of nitrogens with zero attached hydrogens (tertiary/aromatic N) is 2. The molecule has 0 bridgehead atoms. The second-order valence-electron chi connectivity index (χ2n) is 5.49. The molecule has 1 aromatic carbocycles. The molecule has 0 saturated carbocycles. The van der Waals surface area contributed by atoms with Crippen molar-refractivity contribution < 1.29 is 9.50 Å². The number of benzene rings is 1. The Kier molecular flexibility index (Phi) is 5.86. The minimum atomic E-state index is -0.633. The Morgan fingerprint density at radius 3 is 2.64 bits per heavy atom. The van der Waals surface area contributed by atoms with Gasteiger partial charge in [-0.1, -0.05) is 6.07 Å². The van der Waals surface area contributed by atoms with Crippen LogP contribution in [0.1, 0.15) is 23.7 Å². The van der Waals surface area contributed by atoms with E-state index in [0.29, 0.717) is 12.0 Å². The Morgan fingerprint density at radius 1 is 1.23 bits per heavy atom. The van der Waals surface area contributed by atoms with Gasteiger partial charge in [-0.25, -0.2) is 4.39 Å². The van der Waals surface area contributed by atoms with E-state index in [9.17, 15) is 9.50 Å². The predicted molar refractivity (Wildman–Crippen MR) is 85.8 cm³/mol. The SMILES string of the molecule is CN(CCc1ccncc1)CCC(O)c1ccc(F)c(N)c1. The number of halogens is 1. The van der Waals surface area contributed by atoms with Crippen molar-refractivity contribution in [2.24, 2.45) is 0 Å². The van der Waals surface area contributed by atoms with Crippen LogP contribution in [-0.2, 0) is 6.42 Å². The highest BCUT2D eigenvalue weighted by Crippen LogP contribution is 2.21. The van der Waals surface area contributed by atoms with Crippen molar-refractivity contribution in [1.82, 2.24) is 9.88 Å². The van der Waals surface area contributed by atoms with E-state index in [4.69, 9.17) is 5.73 Å². The number of likely N-dealkylation sites (N-methyl/N-ethyl adjacent to an activating group) is 1. The van der Waals surface area contributed by atoms with Gasteiger partial charge in [0.2, 0.25) is 0 Å². The van der Waals surface area contributed by atoms with Crippen molar-refractivity contribution in [1.29, 1.82) is 0 Å². The zero-order valence-corrected chi connectivity index (χ0v) is 12.7. The van der Waals surface area contributed by atoms with E-state index in [-0.39, 0.29) is 5.69 Å². The van der Waals surface area contributed by atoms with E-state index in [2.05, 4.69) is 9.88 Å². The number of hydrogen-bond acceptors (Lipinski definition) is 4. The van der Waals surface area contributed by atoms with Gasteiger partial charge in [0.15, 0.2) is 0 Å². The first kappa shape index (κ1) is 16.4. The molecular weight excluding hydrogens is 281 g/mol. The molecule has 4 nitrogen and oxygen atoms in total. The molecule has 0 fully saturated rings. The largest absolute Gasteiger partial charge is 0.396 e. The zero-order valence-electron chi connectivity index (χ0n) is 12.7. The summed E-state index contributed by atoms with van der Waals surface area (Å²) in [6.07, 6.45) is 4.47. The standard InChI is InChI=1S/C17H22FN3O/c1-21(10-6-13-4-8-20-9-5-13)11-7-17(22)14-2-3-15(18)16(19)12-14/h2-5,8-9,12,17,22H,6-7,10-11,19H2,1H3. The normalized spacial score (nSPS) is 12.5. The fourth-order valence-corrected chi connectivity index (χ4v) is 2.26.